The van der Waals surface area contributed by atoms with E-state index in [-0.39, 0.29) is 11.2 Å². The molecule has 0 saturated carbocycles. The first-order chi connectivity index (χ1) is 7.13. The molecule has 0 spiro atoms. The Morgan fingerprint density at radius 3 is 3.00 bits per heavy atom. The summed E-state index contributed by atoms with van der Waals surface area (Å²) in [6, 6.07) is 0. The van der Waals surface area contributed by atoms with Gasteiger partial charge in [-0.05, 0) is 0 Å². The fourth-order valence-electron chi connectivity index (χ4n) is 1.04. The van der Waals surface area contributed by atoms with E-state index in [1.165, 1.54) is 13.4 Å². The van der Waals surface area contributed by atoms with Crippen molar-refractivity contribution in [3.63, 3.8) is 0 Å². The van der Waals surface area contributed by atoms with Crippen LogP contribution in [0.1, 0.15) is 19.2 Å². The number of carbonyl (C=O) groups excluding carboxylic acids is 1. The number of aromatic nitrogens is 3. The van der Waals surface area contributed by atoms with E-state index in [1.807, 2.05) is 14.0 Å². The maximum Gasteiger partial charge on any atom is 0.306 e. The van der Waals surface area contributed by atoms with Crippen molar-refractivity contribution in [3.8, 4) is 0 Å². The normalized spacial score (nSPS) is 12.5. The zero-order valence-corrected chi connectivity index (χ0v) is 9.95. The molecule has 0 bridgehead atoms. The van der Waals surface area contributed by atoms with Crippen molar-refractivity contribution in [2.24, 2.45) is 7.05 Å². The standard InChI is InChI=1S/C9H15N3O2S/c1-7(4-9(13)14-3)15-5-8-10-6-11-12(8)2/h6-7H,4-5H2,1-3H3. The fourth-order valence-corrected chi connectivity index (χ4v) is 1.99. The highest BCUT2D eigenvalue weighted by Crippen LogP contribution is 2.18. The molecule has 0 aliphatic rings. The van der Waals surface area contributed by atoms with Gasteiger partial charge in [-0.2, -0.15) is 16.9 Å². The third-order valence-electron chi connectivity index (χ3n) is 1.98. The van der Waals surface area contributed by atoms with E-state index in [9.17, 15) is 4.79 Å². The van der Waals surface area contributed by atoms with Crippen LogP contribution in [0.5, 0.6) is 0 Å². The molecule has 5 nitrogen and oxygen atoms in total. The topological polar surface area (TPSA) is 57.0 Å². The summed E-state index contributed by atoms with van der Waals surface area (Å²) in [6.07, 6.45) is 1.96. The van der Waals surface area contributed by atoms with Crippen LogP contribution in [0.3, 0.4) is 0 Å². The smallest absolute Gasteiger partial charge is 0.306 e. The van der Waals surface area contributed by atoms with Gasteiger partial charge in [0, 0.05) is 12.3 Å². The molecular formula is C9H15N3O2S. The third kappa shape index (κ3) is 3.91. The van der Waals surface area contributed by atoms with Crippen LogP contribution in [-0.4, -0.2) is 33.1 Å². The average molecular weight is 229 g/mol. The first-order valence-corrected chi connectivity index (χ1v) is 5.69. The van der Waals surface area contributed by atoms with Crippen molar-refractivity contribution in [1.82, 2.24) is 14.8 Å². The monoisotopic (exact) mass is 229 g/mol. The van der Waals surface area contributed by atoms with Gasteiger partial charge in [0.05, 0.1) is 19.3 Å². The van der Waals surface area contributed by atoms with E-state index < -0.39 is 0 Å². The Morgan fingerprint density at radius 2 is 2.47 bits per heavy atom. The quantitative estimate of drug-likeness (QED) is 0.705. The Kier molecular flexibility index (Phi) is 4.61. The first-order valence-electron chi connectivity index (χ1n) is 4.64. The highest BCUT2D eigenvalue weighted by molar-refractivity contribution is 7.99. The minimum Gasteiger partial charge on any atom is -0.469 e. The molecule has 1 heterocycles. The van der Waals surface area contributed by atoms with Gasteiger partial charge in [0.15, 0.2) is 0 Å². The van der Waals surface area contributed by atoms with Crippen LogP contribution in [0.2, 0.25) is 0 Å². The second-order valence-corrected chi connectivity index (χ2v) is 4.63. The predicted molar refractivity (Wildman–Crippen MR) is 58.4 cm³/mol. The summed E-state index contributed by atoms with van der Waals surface area (Å²) in [4.78, 5) is 15.1. The van der Waals surface area contributed by atoms with Crippen LogP contribution in [0.15, 0.2) is 6.33 Å². The summed E-state index contributed by atoms with van der Waals surface area (Å²) < 4.78 is 6.33. The summed E-state index contributed by atoms with van der Waals surface area (Å²) in [5.41, 5.74) is 0. The minimum absolute atomic E-state index is 0.173. The molecule has 15 heavy (non-hydrogen) atoms. The highest BCUT2D eigenvalue weighted by atomic mass is 32.2. The number of carbonyl (C=O) groups is 1. The van der Waals surface area contributed by atoms with Gasteiger partial charge in [-0.1, -0.05) is 6.92 Å². The second kappa shape index (κ2) is 5.75. The van der Waals surface area contributed by atoms with Crippen LogP contribution in [0.4, 0.5) is 0 Å². The number of ether oxygens (including phenoxy) is 1. The van der Waals surface area contributed by atoms with E-state index >= 15 is 0 Å². The van der Waals surface area contributed by atoms with Crippen molar-refractivity contribution in [1.29, 1.82) is 0 Å². The fraction of sp³-hybridized carbons (Fsp3) is 0.667. The van der Waals surface area contributed by atoms with E-state index in [2.05, 4.69) is 14.8 Å². The number of rotatable bonds is 5. The van der Waals surface area contributed by atoms with Gasteiger partial charge >= 0.3 is 5.97 Å². The average Bonchev–Trinajstić information content (AvgIpc) is 2.61. The molecule has 6 heteroatoms. The van der Waals surface area contributed by atoms with Gasteiger partial charge in [-0.25, -0.2) is 4.98 Å². The van der Waals surface area contributed by atoms with Crippen LogP contribution in [-0.2, 0) is 22.3 Å². The highest BCUT2D eigenvalue weighted by Gasteiger charge is 2.11. The van der Waals surface area contributed by atoms with Crippen LogP contribution < -0.4 is 0 Å². The Balaban J connectivity index is 2.31. The summed E-state index contributed by atoms with van der Waals surface area (Å²) in [5.74, 6) is 1.50. The van der Waals surface area contributed by atoms with E-state index in [4.69, 9.17) is 0 Å². The predicted octanol–water partition coefficient (Wildman–Crippen LogP) is 1.000. The largest absolute Gasteiger partial charge is 0.469 e. The lowest BCUT2D eigenvalue weighted by molar-refractivity contribution is -0.140. The van der Waals surface area contributed by atoms with Crippen LogP contribution >= 0.6 is 11.8 Å². The molecule has 0 N–H and O–H groups in total. The lowest BCUT2D eigenvalue weighted by atomic mass is 10.3. The Morgan fingerprint density at radius 1 is 1.73 bits per heavy atom. The molecule has 1 unspecified atom stereocenters. The zero-order valence-electron chi connectivity index (χ0n) is 9.14. The lowest BCUT2D eigenvalue weighted by Gasteiger charge is -2.08. The molecule has 1 rings (SSSR count). The number of aryl methyl sites for hydroxylation is 1. The molecule has 1 atom stereocenters. The third-order valence-corrected chi connectivity index (χ3v) is 3.14. The van der Waals surface area contributed by atoms with Crippen molar-refractivity contribution >= 4 is 17.7 Å². The number of hydrogen-bond donors (Lipinski definition) is 0. The number of esters is 1. The van der Waals surface area contributed by atoms with E-state index in [0.717, 1.165) is 11.6 Å². The number of nitrogens with zero attached hydrogens (tertiary/aromatic N) is 3. The summed E-state index contributed by atoms with van der Waals surface area (Å²) in [6.45, 7) is 2.00. The van der Waals surface area contributed by atoms with Crippen molar-refractivity contribution in [3.05, 3.63) is 12.2 Å². The van der Waals surface area contributed by atoms with Gasteiger partial charge in [0.2, 0.25) is 0 Å². The second-order valence-electron chi connectivity index (χ2n) is 3.20. The zero-order chi connectivity index (χ0) is 11.3. The van der Waals surface area contributed by atoms with Crippen molar-refractivity contribution < 1.29 is 9.53 Å². The molecule has 0 aliphatic carbocycles. The van der Waals surface area contributed by atoms with Gasteiger partial charge in [-0.3, -0.25) is 9.48 Å². The van der Waals surface area contributed by atoms with Gasteiger partial charge < -0.3 is 4.74 Å². The molecule has 0 fully saturated rings. The SMILES string of the molecule is COC(=O)CC(C)SCc1ncnn1C. The van der Waals surface area contributed by atoms with Crippen LogP contribution in [0, 0.1) is 0 Å². The molecule has 0 saturated heterocycles. The molecule has 1 aromatic heterocycles. The first kappa shape index (κ1) is 12.0. The summed E-state index contributed by atoms with van der Waals surface area (Å²) >= 11 is 1.67. The summed E-state index contributed by atoms with van der Waals surface area (Å²) in [5, 5.41) is 4.20. The minimum atomic E-state index is -0.173. The van der Waals surface area contributed by atoms with Gasteiger partial charge in [-0.15, -0.1) is 0 Å². The van der Waals surface area contributed by atoms with E-state index in [1.54, 1.807) is 16.4 Å². The Hall–Kier alpha value is -1.04. The maximum absolute atomic E-state index is 11.0. The molecule has 84 valence electrons. The molecule has 1 aromatic rings. The molecular weight excluding hydrogens is 214 g/mol. The number of thioether (sulfide) groups is 1. The van der Waals surface area contributed by atoms with Gasteiger partial charge in [0.25, 0.3) is 0 Å². The Labute approximate surface area is 93.2 Å². The van der Waals surface area contributed by atoms with Crippen molar-refractivity contribution in [2.45, 2.75) is 24.3 Å². The van der Waals surface area contributed by atoms with E-state index in [0.29, 0.717) is 6.42 Å². The number of hydrogen-bond acceptors (Lipinski definition) is 5. The number of methoxy groups -OCH3 is 1. The van der Waals surface area contributed by atoms with Gasteiger partial charge in [0.1, 0.15) is 12.2 Å². The molecule has 0 aliphatic heterocycles. The molecule has 0 aromatic carbocycles. The Bertz CT molecular complexity index is 327. The lowest BCUT2D eigenvalue weighted by Crippen LogP contribution is -2.09. The maximum atomic E-state index is 11.0. The summed E-state index contributed by atoms with van der Waals surface area (Å²) in [7, 11) is 3.26. The molecule has 0 radical (unpaired) electrons. The molecule has 0 amide bonds. The van der Waals surface area contributed by atoms with Crippen molar-refractivity contribution in [2.75, 3.05) is 7.11 Å². The van der Waals surface area contributed by atoms with Crippen LogP contribution in [0.25, 0.3) is 0 Å².